The molecule has 0 saturated carbocycles. The summed E-state index contributed by atoms with van der Waals surface area (Å²) in [6.45, 7) is 8.10. The number of likely N-dealkylation sites (tertiary alicyclic amines) is 1. The summed E-state index contributed by atoms with van der Waals surface area (Å²) in [5.74, 6) is 0. The van der Waals surface area contributed by atoms with Gasteiger partial charge >= 0.3 is 6.03 Å². The van der Waals surface area contributed by atoms with Crippen molar-refractivity contribution in [3.63, 3.8) is 0 Å². The van der Waals surface area contributed by atoms with Crippen LogP contribution in [0.25, 0.3) is 0 Å². The van der Waals surface area contributed by atoms with Crippen LogP contribution >= 0.6 is 11.3 Å². The van der Waals surface area contributed by atoms with Gasteiger partial charge in [-0.2, -0.15) is 0 Å². The molecule has 1 aliphatic rings. The molecule has 118 valence electrons. The molecule has 0 spiro atoms. The molecule has 1 saturated heterocycles. The van der Waals surface area contributed by atoms with Crippen molar-refractivity contribution in [2.75, 3.05) is 33.4 Å². The van der Waals surface area contributed by atoms with Gasteiger partial charge in [0.25, 0.3) is 0 Å². The zero-order valence-corrected chi connectivity index (χ0v) is 13.8. The molecular formula is C14H24N4O2S. The lowest BCUT2D eigenvalue weighted by atomic mass is 10.3. The average molecular weight is 312 g/mol. The number of nitrogens with zero attached hydrogens (tertiary/aromatic N) is 2. The molecule has 2 rings (SSSR count). The van der Waals surface area contributed by atoms with Gasteiger partial charge < -0.3 is 15.4 Å². The van der Waals surface area contributed by atoms with Crippen LogP contribution < -0.4 is 10.6 Å². The number of aryl methyl sites for hydroxylation is 2. The fourth-order valence-electron chi connectivity index (χ4n) is 2.38. The second-order valence-corrected chi connectivity index (χ2v) is 6.64. The van der Waals surface area contributed by atoms with Gasteiger partial charge in [0.2, 0.25) is 0 Å². The SMILES string of the molecule is COCCN1CCC(NC(=O)NCc2nc(C)c(C)s2)C1. The van der Waals surface area contributed by atoms with Crippen molar-refractivity contribution in [3.8, 4) is 0 Å². The minimum absolute atomic E-state index is 0.112. The lowest BCUT2D eigenvalue weighted by Gasteiger charge is -2.16. The maximum atomic E-state index is 11.9. The highest BCUT2D eigenvalue weighted by Gasteiger charge is 2.23. The van der Waals surface area contributed by atoms with Crippen LogP contribution in [0.2, 0.25) is 0 Å². The summed E-state index contributed by atoms with van der Waals surface area (Å²) in [7, 11) is 1.71. The number of carbonyl (C=O) groups excluding carboxylic acids is 1. The number of aromatic nitrogens is 1. The number of methoxy groups -OCH3 is 1. The van der Waals surface area contributed by atoms with Crippen molar-refractivity contribution in [1.29, 1.82) is 0 Å². The molecular weight excluding hydrogens is 288 g/mol. The third-order valence-corrected chi connectivity index (χ3v) is 4.77. The molecule has 21 heavy (non-hydrogen) atoms. The summed E-state index contributed by atoms with van der Waals surface area (Å²) in [6.07, 6.45) is 0.993. The zero-order chi connectivity index (χ0) is 15.2. The van der Waals surface area contributed by atoms with E-state index in [1.165, 1.54) is 4.88 Å². The fourth-order valence-corrected chi connectivity index (χ4v) is 3.25. The first kappa shape index (κ1) is 16.2. The first-order valence-electron chi connectivity index (χ1n) is 7.27. The molecule has 1 aromatic heterocycles. The van der Waals surface area contributed by atoms with Gasteiger partial charge in [0.05, 0.1) is 18.8 Å². The minimum Gasteiger partial charge on any atom is -0.383 e. The summed E-state index contributed by atoms with van der Waals surface area (Å²) in [5.41, 5.74) is 1.04. The largest absolute Gasteiger partial charge is 0.383 e. The van der Waals surface area contributed by atoms with E-state index in [4.69, 9.17) is 4.74 Å². The molecule has 2 heterocycles. The van der Waals surface area contributed by atoms with Crippen LogP contribution in [-0.4, -0.2) is 55.3 Å². The Kier molecular flexibility index (Phi) is 5.96. The van der Waals surface area contributed by atoms with Gasteiger partial charge in [0.15, 0.2) is 0 Å². The monoisotopic (exact) mass is 312 g/mol. The Hall–Kier alpha value is -1.18. The third-order valence-electron chi connectivity index (χ3n) is 3.69. The van der Waals surface area contributed by atoms with Crippen LogP contribution in [0.3, 0.4) is 0 Å². The highest BCUT2D eigenvalue weighted by atomic mass is 32.1. The molecule has 1 aromatic rings. The summed E-state index contributed by atoms with van der Waals surface area (Å²) >= 11 is 1.63. The van der Waals surface area contributed by atoms with E-state index in [1.807, 2.05) is 13.8 Å². The number of carbonyl (C=O) groups is 1. The molecule has 7 heteroatoms. The molecule has 1 unspecified atom stereocenters. The predicted octanol–water partition coefficient (Wildman–Crippen LogP) is 1.28. The number of rotatable bonds is 6. The van der Waals surface area contributed by atoms with Crippen LogP contribution in [0, 0.1) is 13.8 Å². The van der Waals surface area contributed by atoms with Gasteiger partial charge in [0.1, 0.15) is 5.01 Å². The Bertz CT molecular complexity index is 458. The molecule has 0 radical (unpaired) electrons. The molecule has 1 fully saturated rings. The Labute approximate surface area is 129 Å². The van der Waals surface area contributed by atoms with Gasteiger partial charge in [-0.25, -0.2) is 9.78 Å². The number of hydrogen-bond acceptors (Lipinski definition) is 5. The molecule has 1 aliphatic heterocycles. The van der Waals surface area contributed by atoms with Crippen molar-refractivity contribution >= 4 is 17.4 Å². The van der Waals surface area contributed by atoms with E-state index < -0.39 is 0 Å². The maximum absolute atomic E-state index is 11.9. The predicted molar refractivity (Wildman–Crippen MR) is 83.7 cm³/mol. The van der Waals surface area contributed by atoms with E-state index in [0.717, 1.165) is 43.4 Å². The molecule has 2 N–H and O–H groups in total. The van der Waals surface area contributed by atoms with Gasteiger partial charge in [-0.3, -0.25) is 4.90 Å². The van der Waals surface area contributed by atoms with Gasteiger partial charge in [0, 0.05) is 37.7 Å². The summed E-state index contributed by atoms with van der Waals surface area (Å²) in [5, 5.41) is 6.85. The topological polar surface area (TPSA) is 66.5 Å². The quantitative estimate of drug-likeness (QED) is 0.830. The first-order chi connectivity index (χ1) is 10.1. The van der Waals surface area contributed by atoms with Crippen molar-refractivity contribution in [2.24, 2.45) is 0 Å². The Morgan fingerprint density at radius 2 is 2.33 bits per heavy atom. The number of ether oxygens (including phenoxy) is 1. The Balaban J connectivity index is 1.68. The minimum atomic E-state index is -0.112. The van der Waals surface area contributed by atoms with Crippen LogP contribution in [0.4, 0.5) is 4.79 Å². The molecule has 1 atom stereocenters. The molecule has 0 aliphatic carbocycles. The lowest BCUT2D eigenvalue weighted by molar-refractivity contribution is 0.159. The third kappa shape index (κ3) is 4.94. The standard InChI is InChI=1S/C14H24N4O2S/c1-10-11(2)21-13(16-10)8-15-14(19)17-12-4-5-18(9-12)6-7-20-3/h12H,4-9H2,1-3H3,(H2,15,17,19). The van der Waals surface area contributed by atoms with Crippen molar-refractivity contribution < 1.29 is 9.53 Å². The first-order valence-corrected chi connectivity index (χ1v) is 8.08. The van der Waals surface area contributed by atoms with Crippen molar-refractivity contribution in [1.82, 2.24) is 20.5 Å². The van der Waals surface area contributed by atoms with Gasteiger partial charge in [-0.05, 0) is 20.3 Å². The molecule has 2 amide bonds. The zero-order valence-electron chi connectivity index (χ0n) is 12.9. The van der Waals surface area contributed by atoms with Crippen LogP contribution in [0.5, 0.6) is 0 Å². The van der Waals surface area contributed by atoms with E-state index >= 15 is 0 Å². The fraction of sp³-hybridized carbons (Fsp3) is 0.714. The Morgan fingerprint density at radius 1 is 1.52 bits per heavy atom. The van der Waals surface area contributed by atoms with Crippen LogP contribution in [-0.2, 0) is 11.3 Å². The van der Waals surface area contributed by atoms with Crippen molar-refractivity contribution in [2.45, 2.75) is 32.9 Å². The summed E-state index contributed by atoms with van der Waals surface area (Å²) < 4.78 is 5.07. The lowest BCUT2D eigenvalue weighted by Crippen LogP contribution is -2.43. The van der Waals surface area contributed by atoms with Crippen LogP contribution in [0.1, 0.15) is 22.0 Å². The summed E-state index contributed by atoms with van der Waals surface area (Å²) in [6, 6.07) is 0.112. The number of hydrogen-bond donors (Lipinski definition) is 2. The number of nitrogens with one attached hydrogen (secondary N) is 2. The Morgan fingerprint density at radius 3 is 3.00 bits per heavy atom. The van der Waals surface area contributed by atoms with Crippen molar-refractivity contribution in [3.05, 3.63) is 15.6 Å². The number of thiazole rings is 1. The highest BCUT2D eigenvalue weighted by Crippen LogP contribution is 2.16. The normalized spacial score (nSPS) is 18.9. The maximum Gasteiger partial charge on any atom is 0.315 e. The highest BCUT2D eigenvalue weighted by molar-refractivity contribution is 7.11. The average Bonchev–Trinajstić information content (AvgIpc) is 3.02. The van der Waals surface area contributed by atoms with E-state index in [9.17, 15) is 4.79 Å². The van der Waals surface area contributed by atoms with E-state index in [-0.39, 0.29) is 12.1 Å². The van der Waals surface area contributed by atoms with Crippen LogP contribution in [0.15, 0.2) is 0 Å². The number of amides is 2. The second kappa shape index (κ2) is 7.72. The van der Waals surface area contributed by atoms with Gasteiger partial charge in [-0.15, -0.1) is 11.3 Å². The van der Waals surface area contributed by atoms with E-state index in [1.54, 1.807) is 18.4 Å². The second-order valence-electron chi connectivity index (χ2n) is 5.36. The number of urea groups is 1. The smallest absolute Gasteiger partial charge is 0.315 e. The van der Waals surface area contributed by atoms with E-state index in [2.05, 4.69) is 20.5 Å². The molecule has 6 nitrogen and oxygen atoms in total. The van der Waals surface area contributed by atoms with E-state index in [0.29, 0.717) is 6.54 Å². The van der Waals surface area contributed by atoms with Gasteiger partial charge in [-0.1, -0.05) is 0 Å². The molecule has 0 aromatic carbocycles. The summed E-state index contributed by atoms with van der Waals surface area (Å²) in [4.78, 5) is 19.8. The molecule has 0 bridgehead atoms.